The van der Waals surface area contributed by atoms with E-state index in [1.165, 1.54) is 0 Å². The highest BCUT2D eigenvalue weighted by Gasteiger charge is 2.24. The second-order valence-electron chi connectivity index (χ2n) is 8.06. The van der Waals surface area contributed by atoms with E-state index in [1.807, 2.05) is 36.1 Å². The Morgan fingerprint density at radius 2 is 1.75 bits per heavy atom. The van der Waals surface area contributed by atoms with Crippen LogP contribution in [0.3, 0.4) is 0 Å². The number of carbonyl (C=O) groups is 3. The average Bonchev–Trinajstić information content (AvgIpc) is 2.80. The molecule has 1 aliphatic heterocycles. The molecule has 1 atom stereocenters. The van der Waals surface area contributed by atoms with Gasteiger partial charge in [0.2, 0.25) is 5.91 Å². The van der Waals surface area contributed by atoms with Gasteiger partial charge in [-0.15, -0.1) is 0 Å². The van der Waals surface area contributed by atoms with Crippen LogP contribution in [0.15, 0.2) is 48.5 Å². The SMILES string of the molecule is Cc1ccc(NC(=O)NCC2CCCN(C(=O)CCNC(=O)c3ccc(Cl)cc3)C2)cc1. The lowest BCUT2D eigenvalue weighted by atomic mass is 9.97. The van der Waals surface area contributed by atoms with E-state index in [1.54, 1.807) is 24.3 Å². The molecule has 1 aliphatic rings. The Morgan fingerprint density at radius 3 is 2.47 bits per heavy atom. The van der Waals surface area contributed by atoms with Crippen LogP contribution in [0, 0.1) is 12.8 Å². The number of rotatable bonds is 7. The molecule has 1 unspecified atom stereocenters. The molecule has 1 saturated heterocycles. The second-order valence-corrected chi connectivity index (χ2v) is 8.50. The fourth-order valence-corrected chi connectivity index (χ4v) is 3.78. The van der Waals surface area contributed by atoms with Gasteiger partial charge in [-0.05, 0) is 62.1 Å². The fraction of sp³-hybridized carbons (Fsp3) is 0.375. The standard InChI is InChI=1S/C24H29ClN4O3/c1-17-4-10-21(11-5-17)28-24(32)27-15-18-3-2-14-29(16-18)22(30)12-13-26-23(31)19-6-8-20(25)9-7-19/h4-11,18H,2-3,12-16H2,1H3,(H,26,31)(H2,27,28,32). The lowest BCUT2D eigenvalue weighted by Gasteiger charge is -2.33. The van der Waals surface area contributed by atoms with Gasteiger partial charge < -0.3 is 20.9 Å². The van der Waals surface area contributed by atoms with Crippen LogP contribution in [-0.2, 0) is 4.79 Å². The summed E-state index contributed by atoms with van der Waals surface area (Å²) in [5.41, 5.74) is 2.39. The van der Waals surface area contributed by atoms with Gasteiger partial charge in [0.05, 0.1) is 0 Å². The Labute approximate surface area is 193 Å². The molecule has 3 N–H and O–H groups in total. The highest BCUT2D eigenvalue weighted by molar-refractivity contribution is 6.30. The van der Waals surface area contributed by atoms with Crippen molar-refractivity contribution in [2.45, 2.75) is 26.2 Å². The zero-order valence-electron chi connectivity index (χ0n) is 18.2. The number of nitrogens with one attached hydrogen (secondary N) is 3. The largest absolute Gasteiger partial charge is 0.352 e. The highest BCUT2D eigenvalue weighted by atomic mass is 35.5. The molecule has 3 rings (SSSR count). The Balaban J connectivity index is 1.37. The normalized spacial score (nSPS) is 15.7. The first kappa shape index (κ1) is 23.6. The third-order valence-electron chi connectivity index (χ3n) is 5.46. The number of carbonyl (C=O) groups excluding carboxylic acids is 3. The number of likely N-dealkylation sites (tertiary alicyclic amines) is 1. The topological polar surface area (TPSA) is 90.5 Å². The third kappa shape index (κ3) is 7.27. The maximum atomic E-state index is 12.6. The van der Waals surface area contributed by atoms with E-state index < -0.39 is 0 Å². The van der Waals surface area contributed by atoms with Crippen LogP contribution < -0.4 is 16.0 Å². The Hall–Kier alpha value is -3.06. The van der Waals surface area contributed by atoms with Crippen molar-refractivity contribution in [1.29, 1.82) is 0 Å². The summed E-state index contributed by atoms with van der Waals surface area (Å²) in [4.78, 5) is 38.7. The van der Waals surface area contributed by atoms with E-state index in [0.717, 1.165) is 24.1 Å². The number of halogens is 1. The predicted molar refractivity (Wildman–Crippen MR) is 126 cm³/mol. The second kappa shape index (κ2) is 11.5. The maximum Gasteiger partial charge on any atom is 0.319 e. The Kier molecular flexibility index (Phi) is 8.50. The fourth-order valence-electron chi connectivity index (χ4n) is 3.65. The van der Waals surface area contributed by atoms with Crippen LogP contribution in [0.25, 0.3) is 0 Å². The summed E-state index contributed by atoms with van der Waals surface area (Å²) in [5.74, 6) is -0.00915. The van der Waals surface area contributed by atoms with Crippen molar-refractivity contribution in [2.24, 2.45) is 5.92 Å². The zero-order valence-corrected chi connectivity index (χ0v) is 19.0. The number of amides is 4. The number of benzene rings is 2. The molecule has 8 heteroatoms. The molecule has 2 aromatic rings. The van der Waals surface area contributed by atoms with Crippen molar-refractivity contribution in [3.8, 4) is 0 Å². The van der Waals surface area contributed by atoms with Crippen molar-refractivity contribution in [1.82, 2.24) is 15.5 Å². The summed E-state index contributed by atoms with van der Waals surface area (Å²) in [6.07, 6.45) is 2.10. The van der Waals surface area contributed by atoms with Crippen molar-refractivity contribution >= 4 is 35.1 Å². The summed E-state index contributed by atoms with van der Waals surface area (Å²) in [6, 6.07) is 14.0. The molecule has 0 bridgehead atoms. The van der Waals surface area contributed by atoms with E-state index in [0.29, 0.717) is 30.2 Å². The van der Waals surface area contributed by atoms with Crippen LogP contribution in [0.5, 0.6) is 0 Å². The molecule has 0 aromatic heterocycles. The third-order valence-corrected chi connectivity index (χ3v) is 5.72. The monoisotopic (exact) mass is 456 g/mol. The van der Waals surface area contributed by atoms with Gasteiger partial charge in [-0.1, -0.05) is 29.3 Å². The molecule has 0 spiro atoms. The van der Waals surface area contributed by atoms with E-state index in [9.17, 15) is 14.4 Å². The quantitative estimate of drug-likeness (QED) is 0.591. The minimum absolute atomic E-state index is 0.00946. The van der Waals surface area contributed by atoms with Gasteiger partial charge in [-0.3, -0.25) is 9.59 Å². The lowest BCUT2D eigenvalue weighted by Crippen LogP contribution is -2.45. The molecule has 32 heavy (non-hydrogen) atoms. The van der Waals surface area contributed by atoms with Crippen molar-refractivity contribution in [3.05, 3.63) is 64.7 Å². The lowest BCUT2D eigenvalue weighted by molar-refractivity contribution is -0.132. The molecular weight excluding hydrogens is 428 g/mol. The van der Waals surface area contributed by atoms with Gasteiger partial charge in [0.15, 0.2) is 0 Å². The number of piperidine rings is 1. The summed E-state index contributed by atoms with van der Waals surface area (Å²) < 4.78 is 0. The van der Waals surface area contributed by atoms with Crippen LogP contribution >= 0.6 is 11.6 Å². The van der Waals surface area contributed by atoms with Crippen LogP contribution in [0.4, 0.5) is 10.5 Å². The molecule has 1 fully saturated rings. The first-order valence-corrected chi connectivity index (χ1v) is 11.2. The summed E-state index contributed by atoms with van der Waals surface area (Å²) in [5, 5.41) is 9.06. The van der Waals surface area contributed by atoms with Crippen LogP contribution in [0.2, 0.25) is 5.02 Å². The predicted octanol–water partition coefficient (Wildman–Crippen LogP) is 3.83. The molecule has 4 amide bonds. The Morgan fingerprint density at radius 1 is 1.03 bits per heavy atom. The van der Waals surface area contributed by atoms with Crippen molar-refractivity contribution < 1.29 is 14.4 Å². The molecule has 0 aliphatic carbocycles. The van der Waals surface area contributed by atoms with Gasteiger partial charge in [0, 0.05) is 48.9 Å². The smallest absolute Gasteiger partial charge is 0.319 e. The van der Waals surface area contributed by atoms with E-state index in [2.05, 4.69) is 16.0 Å². The van der Waals surface area contributed by atoms with Crippen LogP contribution in [-0.4, -0.2) is 48.9 Å². The van der Waals surface area contributed by atoms with E-state index in [4.69, 9.17) is 11.6 Å². The summed E-state index contributed by atoms with van der Waals surface area (Å²) in [7, 11) is 0. The molecule has 7 nitrogen and oxygen atoms in total. The maximum absolute atomic E-state index is 12.6. The minimum Gasteiger partial charge on any atom is -0.352 e. The average molecular weight is 457 g/mol. The number of anilines is 1. The van der Waals surface area contributed by atoms with Crippen molar-refractivity contribution in [2.75, 3.05) is 31.5 Å². The zero-order chi connectivity index (χ0) is 22.9. The number of aryl methyl sites for hydroxylation is 1. The molecule has 170 valence electrons. The highest BCUT2D eigenvalue weighted by Crippen LogP contribution is 2.17. The Bertz CT molecular complexity index is 931. The minimum atomic E-state index is -0.248. The molecule has 2 aromatic carbocycles. The van der Waals surface area contributed by atoms with Crippen molar-refractivity contribution in [3.63, 3.8) is 0 Å². The first-order valence-electron chi connectivity index (χ1n) is 10.8. The van der Waals surface area contributed by atoms with Crippen LogP contribution in [0.1, 0.15) is 35.2 Å². The molecular formula is C24H29ClN4O3. The number of nitrogens with zero attached hydrogens (tertiary/aromatic N) is 1. The van der Waals surface area contributed by atoms with Gasteiger partial charge in [-0.2, -0.15) is 0 Å². The van der Waals surface area contributed by atoms with E-state index in [-0.39, 0.29) is 36.7 Å². The molecule has 0 radical (unpaired) electrons. The van der Waals surface area contributed by atoms with Gasteiger partial charge >= 0.3 is 6.03 Å². The number of urea groups is 1. The molecule has 1 heterocycles. The van der Waals surface area contributed by atoms with Gasteiger partial charge in [0.25, 0.3) is 5.91 Å². The van der Waals surface area contributed by atoms with Gasteiger partial charge in [-0.25, -0.2) is 4.79 Å². The number of hydrogen-bond donors (Lipinski definition) is 3. The number of hydrogen-bond acceptors (Lipinski definition) is 3. The summed E-state index contributed by atoms with van der Waals surface area (Å²) >= 11 is 5.83. The summed E-state index contributed by atoms with van der Waals surface area (Å²) in [6.45, 7) is 4.09. The van der Waals surface area contributed by atoms with E-state index >= 15 is 0 Å². The molecule has 0 saturated carbocycles. The first-order chi connectivity index (χ1) is 15.4. The van der Waals surface area contributed by atoms with Gasteiger partial charge in [0.1, 0.15) is 0 Å².